The predicted octanol–water partition coefficient (Wildman–Crippen LogP) is 4.88. The van der Waals surface area contributed by atoms with E-state index >= 15 is 0 Å². The van der Waals surface area contributed by atoms with Gasteiger partial charge in [0.1, 0.15) is 12.4 Å². The van der Waals surface area contributed by atoms with E-state index in [4.69, 9.17) is 4.74 Å². The van der Waals surface area contributed by atoms with Crippen LogP contribution in [0.4, 0.5) is 0 Å². The highest BCUT2D eigenvalue weighted by atomic mass is 79.9. The average molecular weight is 328 g/mol. The fourth-order valence-corrected chi connectivity index (χ4v) is 2.84. The second kappa shape index (κ2) is 5.63. The molecule has 0 fully saturated rings. The molecule has 0 aliphatic carbocycles. The SMILES string of the molecule is Cc1cc(Br)c2ncc(OCc3ccccc3)cc2c1. The van der Waals surface area contributed by atoms with E-state index in [2.05, 4.69) is 52.1 Å². The van der Waals surface area contributed by atoms with Crippen LogP contribution in [0.5, 0.6) is 5.75 Å². The van der Waals surface area contributed by atoms with Crippen LogP contribution in [-0.2, 0) is 6.61 Å². The first-order chi connectivity index (χ1) is 9.72. The Hall–Kier alpha value is -1.87. The standard InChI is InChI=1S/C17H14BrNO/c1-12-7-14-9-15(10-19-17(14)16(18)8-12)20-11-13-5-3-2-4-6-13/h2-10H,11H2,1H3. The smallest absolute Gasteiger partial charge is 0.138 e. The third kappa shape index (κ3) is 2.83. The molecular weight excluding hydrogens is 314 g/mol. The molecule has 3 aromatic rings. The van der Waals surface area contributed by atoms with Gasteiger partial charge in [0.25, 0.3) is 0 Å². The third-order valence-electron chi connectivity index (χ3n) is 3.10. The second-order valence-electron chi connectivity index (χ2n) is 4.76. The van der Waals surface area contributed by atoms with Crippen molar-refractivity contribution in [2.45, 2.75) is 13.5 Å². The molecule has 20 heavy (non-hydrogen) atoms. The molecule has 0 aliphatic heterocycles. The minimum absolute atomic E-state index is 0.557. The Balaban J connectivity index is 1.86. The molecule has 2 nitrogen and oxygen atoms in total. The highest BCUT2D eigenvalue weighted by molar-refractivity contribution is 9.10. The summed E-state index contributed by atoms with van der Waals surface area (Å²) in [5, 5.41) is 1.09. The highest BCUT2D eigenvalue weighted by Crippen LogP contribution is 2.26. The quantitative estimate of drug-likeness (QED) is 0.683. The van der Waals surface area contributed by atoms with Gasteiger partial charge in [0.15, 0.2) is 0 Å². The first kappa shape index (κ1) is 13.1. The lowest BCUT2D eigenvalue weighted by atomic mass is 10.1. The van der Waals surface area contributed by atoms with Crippen molar-refractivity contribution >= 4 is 26.8 Å². The van der Waals surface area contributed by atoms with Gasteiger partial charge < -0.3 is 4.74 Å². The maximum absolute atomic E-state index is 5.80. The van der Waals surface area contributed by atoms with Crippen molar-refractivity contribution in [2.75, 3.05) is 0 Å². The van der Waals surface area contributed by atoms with Crippen LogP contribution in [-0.4, -0.2) is 4.98 Å². The Labute approximate surface area is 126 Å². The van der Waals surface area contributed by atoms with E-state index in [0.717, 1.165) is 26.7 Å². The number of aromatic nitrogens is 1. The van der Waals surface area contributed by atoms with E-state index in [1.807, 2.05) is 24.3 Å². The molecule has 0 N–H and O–H groups in total. The van der Waals surface area contributed by atoms with Gasteiger partial charge >= 0.3 is 0 Å². The lowest BCUT2D eigenvalue weighted by Crippen LogP contribution is -1.95. The van der Waals surface area contributed by atoms with Crippen molar-refractivity contribution in [1.82, 2.24) is 4.98 Å². The van der Waals surface area contributed by atoms with Crippen LogP contribution >= 0.6 is 15.9 Å². The molecule has 0 unspecified atom stereocenters. The summed E-state index contributed by atoms with van der Waals surface area (Å²) < 4.78 is 6.82. The summed E-state index contributed by atoms with van der Waals surface area (Å²) in [6.07, 6.45) is 1.77. The van der Waals surface area contributed by atoms with Gasteiger partial charge in [-0.2, -0.15) is 0 Å². The minimum Gasteiger partial charge on any atom is -0.487 e. The number of hydrogen-bond acceptors (Lipinski definition) is 2. The van der Waals surface area contributed by atoms with Gasteiger partial charge in [0.05, 0.1) is 11.7 Å². The lowest BCUT2D eigenvalue weighted by Gasteiger charge is -2.08. The van der Waals surface area contributed by atoms with Crippen molar-refractivity contribution in [3.63, 3.8) is 0 Å². The van der Waals surface area contributed by atoms with E-state index in [0.29, 0.717) is 6.61 Å². The predicted molar refractivity (Wildman–Crippen MR) is 85.0 cm³/mol. The number of halogens is 1. The van der Waals surface area contributed by atoms with Crippen LogP contribution in [0.15, 0.2) is 59.2 Å². The maximum atomic E-state index is 5.80. The van der Waals surface area contributed by atoms with Crippen molar-refractivity contribution < 1.29 is 4.74 Å². The zero-order chi connectivity index (χ0) is 13.9. The largest absolute Gasteiger partial charge is 0.487 e. The van der Waals surface area contributed by atoms with E-state index in [1.165, 1.54) is 5.56 Å². The Morgan fingerprint density at radius 1 is 1.10 bits per heavy atom. The molecule has 3 rings (SSSR count). The number of rotatable bonds is 3. The van der Waals surface area contributed by atoms with E-state index < -0.39 is 0 Å². The van der Waals surface area contributed by atoms with Crippen LogP contribution in [0.25, 0.3) is 10.9 Å². The Kier molecular flexibility index (Phi) is 3.70. The third-order valence-corrected chi connectivity index (χ3v) is 3.71. The molecule has 2 aromatic carbocycles. The molecule has 100 valence electrons. The number of nitrogens with zero attached hydrogens (tertiary/aromatic N) is 1. The van der Waals surface area contributed by atoms with Gasteiger partial charge in [-0.25, -0.2) is 0 Å². The molecule has 0 radical (unpaired) electrons. The number of ether oxygens (including phenoxy) is 1. The molecule has 3 heteroatoms. The number of hydrogen-bond donors (Lipinski definition) is 0. The van der Waals surface area contributed by atoms with E-state index in [9.17, 15) is 0 Å². The van der Waals surface area contributed by atoms with Crippen molar-refractivity contribution in [2.24, 2.45) is 0 Å². The lowest BCUT2D eigenvalue weighted by molar-refractivity contribution is 0.305. The van der Waals surface area contributed by atoms with E-state index in [-0.39, 0.29) is 0 Å². The van der Waals surface area contributed by atoms with Gasteiger partial charge in [-0.1, -0.05) is 30.3 Å². The van der Waals surface area contributed by atoms with Crippen molar-refractivity contribution in [3.8, 4) is 5.75 Å². The Bertz CT molecular complexity index is 741. The van der Waals surface area contributed by atoms with Crippen molar-refractivity contribution in [3.05, 3.63) is 70.3 Å². The van der Waals surface area contributed by atoms with Crippen LogP contribution < -0.4 is 4.74 Å². The fraction of sp³-hybridized carbons (Fsp3) is 0.118. The van der Waals surface area contributed by atoms with Gasteiger partial charge in [-0.15, -0.1) is 0 Å². The molecule has 1 aromatic heterocycles. The zero-order valence-electron chi connectivity index (χ0n) is 11.1. The molecule has 0 amide bonds. The molecule has 0 aliphatic rings. The van der Waals surface area contributed by atoms with Crippen LogP contribution in [0.3, 0.4) is 0 Å². The highest BCUT2D eigenvalue weighted by Gasteiger charge is 2.04. The second-order valence-corrected chi connectivity index (χ2v) is 5.62. The minimum atomic E-state index is 0.557. The number of aryl methyl sites for hydroxylation is 1. The molecule has 0 saturated carbocycles. The summed E-state index contributed by atoms with van der Waals surface area (Å²) in [5.41, 5.74) is 3.31. The fourth-order valence-electron chi connectivity index (χ4n) is 2.15. The molecular formula is C17H14BrNO. The maximum Gasteiger partial charge on any atom is 0.138 e. The van der Waals surface area contributed by atoms with Crippen LogP contribution in [0.1, 0.15) is 11.1 Å². The number of benzene rings is 2. The zero-order valence-corrected chi connectivity index (χ0v) is 12.7. The summed E-state index contributed by atoms with van der Waals surface area (Å²) >= 11 is 3.54. The monoisotopic (exact) mass is 327 g/mol. The topological polar surface area (TPSA) is 22.1 Å². The van der Waals surface area contributed by atoms with Crippen LogP contribution in [0.2, 0.25) is 0 Å². The summed E-state index contributed by atoms with van der Waals surface area (Å²) in [7, 11) is 0. The number of fused-ring (bicyclic) bond motifs is 1. The van der Waals surface area contributed by atoms with Gasteiger partial charge in [0.2, 0.25) is 0 Å². The first-order valence-corrected chi connectivity index (χ1v) is 7.24. The summed E-state index contributed by atoms with van der Waals surface area (Å²) in [6.45, 7) is 2.63. The van der Waals surface area contributed by atoms with Gasteiger partial charge in [-0.3, -0.25) is 4.98 Å². The van der Waals surface area contributed by atoms with Crippen LogP contribution in [0, 0.1) is 6.92 Å². The number of pyridine rings is 1. The Morgan fingerprint density at radius 2 is 1.90 bits per heavy atom. The molecule has 0 saturated heterocycles. The van der Waals surface area contributed by atoms with Gasteiger partial charge in [0, 0.05) is 9.86 Å². The summed E-state index contributed by atoms with van der Waals surface area (Å²) in [6, 6.07) is 16.3. The molecule has 0 bridgehead atoms. The van der Waals surface area contributed by atoms with Crippen molar-refractivity contribution in [1.29, 1.82) is 0 Å². The van der Waals surface area contributed by atoms with Gasteiger partial charge in [-0.05, 0) is 52.2 Å². The average Bonchev–Trinajstić information content (AvgIpc) is 2.45. The molecule has 1 heterocycles. The van der Waals surface area contributed by atoms with E-state index in [1.54, 1.807) is 6.20 Å². The molecule has 0 spiro atoms. The molecule has 0 atom stereocenters. The first-order valence-electron chi connectivity index (χ1n) is 6.45. The Morgan fingerprint density at radius 3 is 2.70 bits per heavy atom. The normalized spacial score (nSPS) is 10.7. The summed E-state index contributed by atoms with van der Waals surface area (Å²) in [4.78, 5) is 4.46. The summed E-state index contributed by atoms with van der Waals surface area (Å²) in [5.74, 6) is 0.791.